The Balaban J connectivity index is 1.87. The van der Waals surface area contributed by atoms with Crippen molar-refractivity contribution in [1.82, 2.24) is 0 Å². The molecule has 5 rings (SSSR count). The van der Waals surface area contributed by atoms with Crippen molar-refractivity contribution in [1.29, 1.82) is 0 Å². The van der Waals surface area contributed by atoms with Gasteiger partial charge in [-0.15, -0.1) is 0 Å². The van der Waals surface area contributed by atoms with Crippen molar-refractivity contribution in [2.45, 2.75) is 12.0 Å². The van der Waals surface area contributed by atoms with Crippen LogP contribution in [0.3, 0.4) is 0 Å². The second kappa shape index (κ2) is 6.03. The molecule has 2 N–H and O–H groups in total. The number of fused-ring (bicyclic) bond motifs is 6. The summed E-state index contributed by atoms with van der Waals surface area (Å²) in [6.45, 7) is 0. The van der Waals surface area contributed by atoms with Gasteiger partial charge in [0.05, 0.1) is 5.56 Å². The first-order valence-corrected chi connectivity index (χ1v) is 8.87. The first-order chi connectivity index (χ1) is 14.3. The molecule has 0 atom stereocenters. The second-order valence-corrected chi connectivity index (χ2v) is 6.93. The van der Waals surface area contributed by atoms with Crippen LogP contribution in [0.2, 0.25) is 0 Å². The fourth-order valence-electron chi connectivity index (χ4n) is 4.07. The van der Waals surface area contributed by atoms with Crippen LogP contribution in [0.15, 0.2) is 54.6 Å². The van der Waals surface area contributed by atoms with Crippen molar-refractivity contribution in [3.05, 3.63) is 82.4 Å². The van der Waals surface area contributed by atoms with E-state index in [1.165, 1.54) is 48.5 Å². The quantitative estimate of drug-likeness (QED) is 0.488. The van der Waals surface area contributed by atoms with Crippen LogP contribution in [-0.4, -0.2) is 28.4 Å². The lowest BCUT2D eigenvalue weighted by atomic mass is 9.77. The summed E-state index contributed by atoms with van der Waals surface area (Å²) in [7, 11) is 0. The third kappa shape index (κ3) is 2.27. The van der Waals surface area contributed by atoms with Gasteiger partial charge < -0.3 is 19.7 Å². The number of halogens is 2. The fraction of sp³-hybridized carbons (Fsp3) is 0.0909. The molecule has 2 aliphatic rings. The van der Waals surface area contributed by atoms with Gasteiger partial charge in [0.15, 0.2) is 5.60 Å². The molecule has 6 nitrogen and oxygen atoms in total. The van der Waals surface area contributed by atoms with Crippen molar-refractivity contribution < 1.29 is 38.1 Å². The van der Waals surface area contributed by atoms with Crippen LogP contribution in [0.4, 0.5) is 8.78 Å². The number of phenols is 2. The highest BCUT2D eigenvalue weighted by molar-refractivity contribution is 6.10. The topological polar surface area (TPSA) is 93.1 Å². The van der Waals surface area contributed by atoms with E-state index in [1.807, 2.05) is 0 Å². The molecule has 3 aromatic carbocycles. The van der Waals surface area contributed by atoms with Crippen LogP contribution < -0.4 is 4.74 Å². The Morgan fingerprint density at radius 3 is 2.07 bits per heavy atom. The van der Waals surface area contributed by atoms with E-state index in [9.17, 15) is 28.6 Å². The number of phenolic OH excluding ortho intramolecular Hbond substituents is 2. The van der Waals surface area contributed by atoms with E-state index in [4.69, 9.17) is 9.47 Å². The molecule has 150 valence electrons. The Kier molecular flexibility index (Phi) is 3.64. The highest BCUT2D eigenvalue weighted by Gasteiger charge is 2.54. The zero-order chi connectivity index (χ0) is 21.2. The largest absolute Gasteiger partial charge is 0.508 e. The number of aromatic hydroxyl groups is 2. The number of Topliss-reactive ketones (excluding diaryl/α,β-unsaturated/α-hetero) is 1. The van der Waals surface area contributed by atoms with Gasteiger partial charge in [-0.3, -0.25) is 4.79 Å². The van der Waals surface area contributed by atoms with E-state index in [0.717, 1.165) is 6.07 Å². The number of ketones is 1. The van der Waals surface area contributed by atoms with Gasteiger partial charge in [-0.05, 0) is 24.3 Å². The lowest BCUT2D eigenvalue weighted by Gasteiger charge is -2.36. The Morgan fingerprint density at radius 1 is 0.900 bits per heavy atom. The minimum absolute atomic E-state index is 0.112. The standard InChI is InChI=1S/C22H12F2O6/c23-20(24)19(27)12-2-1-3-15-18(12)21(28)30-22(15)13-6-4-10(25)8-16(13)29-17-9-11(26)5-7-14(17)22/h1-9,20,25-26H. The van der Waals surface area contributed by atoms with Gasteiger partial charge in [-0.25, -0.2) is 13.6 Å². The van der Waals surface area contributed by atoms with Gasteiger partial charge in [0.2, 0.25) is 5.78 Å². The zero-order valence-corrected chi connectivity index (χ0v) is 15.1. The molecule has 1 spiro atoms. The Hall–Kier alpha value is -3.94. The molecule has 0 amide bonds. The summed E-state index contributed by atoms with van der Waals surface area (Å²) in [6, 6.07) is 12.4. The minimum Gasteiger partial charge on any atom is -0.508 e. The average Bonchev–Trinajstić information content (AvgIpc) is 3.00. The summed E-state index contributed by atoms with van der Waals surface area (Å²) < 4.78 is 37.8. The number of hydrogen-bond acceptors (Lipinski definition) is 6. The molecule has 0 aromatic heterocycles. The van der Waals surface area contributed by atoms with Gasteiger partial charge >= 0.3 is 12.4 Å². The molecule has 0 aliphatic carbocycles. The van der Waals surface area contributed by atoms with Crippen LogP contribution in [0.25, 0.3) is 0 Å². The van der Waals surface area contributed by atoms with E-state index in [1.54, 1.807) is 0 Å². The third-order valence-electron chi connectivity index (χ3n) is 5.27. The monoisotopic (exact) mass is 410 g/mol. The summed E-state index contributed by atoms with van der Waals surface area (Å²) in [5.74, 6) is -2.34. The SMILES string of the molecule is O=C1OC2(c3ccc(O)cc3Oc3cc(O)ccc32)c2cccc(C(=O)C(F)F)c21. The minimum atomic E-state index is -3.29. The number of benzene rings is 3. The molecule has 8 heteroatoms. The molecule has 3 aromatic rings. The number of carbonyl (C=O) groups is 2. The van der Waals surface area contributed by atoms with E-state index in [2.05, 4.69) is 0 Å². The van der Waals surface area contributed by atoms with Crippen LogP contribution >= 0.6 is 0 Å². The molecule has 0 bridgehead atoms. The summed E-state index contributed by atoms with van der Waals surface area (Å²) in [5, 5.41) is 19.8. The number of alkyl halides is 2. The van der Waals surface area contributed by atoms with Crippen molar-refractivity contribution in [3.8, 4) is 23.0 Å². The van der Waals surface area contributed by atoms with Crippen molar-refractivity contribution in [2.75, 3.05) is 0 Å². The molecular formula is C22H12F2O6. The van der Waals surface area contributed by atoms with Crippen molar-refractivity contribution >= 4 is 11.8 Å². The predicted octanol–water partition coefficient (Wildman–Crippen LogP) is 4.11. The Bertz CT molecular complexity index is 1200. The van der Waals surface area contributed by atoms with E-state index >= 15 is 0 Å². The number of carbonyl (C=O) groups excluding carboxylic acids is 2. The van der Waals surface area contributed by atoms with Gasteiger partial charge in [-0.2, -0.15) is 0 Å². The molecule has 2 aliphatic heterocycles. The highest BCUT2D eigenvalue weighted by Crippen LogP contribution is 2.57. The van der Waals surface area contributed by atoms with Crippen LogP contribution in [0.1, 0.15) is 37.4 Å². The smallest absolute Gasteiger partial charge is 0.340 e. The summed E-state index contributed by atoms with van der Waals surface area (Å²) in [4.78, 5) is 24.9. The van der Waals surface area contributed by atoms with Crippen LogP contribution in [0, 0.1) is 0 Å². The van der Waals surface area contributed by atoms with Gasteiger partial charge in [0.25, 0.3) is 0 Å². The lowest BCUT2D eigenvalue weighted by Crippen LogP contribution is -2.32. The molecule has 2 heterocycles. The third-order valence-corrected chi connectivity index (χ3v) is 5.27. The first-order valence-electron chi connectivity index (χ1n) is 8.87. The van der Waals surface area contributed by atoms with E-state index in [0.29, 0.717) is 11.1 Å². The maximum atomic E-state index is 13.1. The fourth-order valence-corrected chi connectivity index (χ4v) is 4.07. The zero-order valence-electron chi connectivity index (χ0n) is 15.1. The number of hydrogen-bond donors (Lipinski definition) is 2. The average molecular weight is 410 g/mol. The van der Waals surface area contributed by atoms with Gasteiger partial charge in [-0.1, -0.05) is 18.2 Å². The molecule has 0 fully saturated rings. The molecule has 0 radical (unpaired) electrons. The van der Waals surface area contributed by atoms with E-state index in [-0.39, 0.29) is 34.1 Å². The molecule has 0 saturated heterocycles. The highest BCUT2D eigenvalue weighted by atomic mass is 19.3. The molecule has 0 unspecified atom stereocenters. The molecule has 30 heavy (non-hydrogen) atoms. The predicted molar refractivity (Wildman–Crippen MR) is 98.4 cm³/mol. The van der Waals surface area contributed by atoms with Gasteiger partial charge in [0, 0.05) is 34.4 Å². The maximum absolute atomic E-state index is 13.1. The van der Waals surface area contributed by atoms with Crippen molar-refractivity contribution in [2.24, 2.45) is 0 Å². The summed E-state index contributed by atoms with van der Waals surface area (Å²) in [5.41, 5.74) is -1.41. The first kappa shape index (κ1) is 18.1. The Labute approximate surface area is 167 Å². The second-order valence-electron chi connectivity index (χ2n) is 6.93. The number of ether oxygens (including phenoxy) is 2. The van der Waals surface area contributed by atoms with Crippen LogP contribution in [0.5, 0.6) is 23.0 Å². The van der Waals surface area contributed by atoms with Crippen molar-refractivity contribution in [3.63, 3.8) is 0 Å². The molecule has 0 saturated carbocycles. The maximum Gasteiger partial charge on any atom is 0.340 e. The summed E-state index contributed by atoms with van der Waals surface area (Å²) >= 11 is 0. The lowest BCUT2D eigenvalue weighted by molar-refractivity contribution is 0.0222. The summed E-state index contributed by atoms with van der Waals surface area (Å²) in [6.07, 6.45) is -3.29. The van der Waals surface area contributed by atoms with Gasteiger partial charge in [0.1, 0.15) is 23.0 Å². The normalized spacial score (nSPS) is 15.2. The number of esters is 1. The van der Waals surface area contributed by atoms with E-state index < -0.39 is 29.3 Å². The number of rotatable bonds is 2. The molecular weight excluding hydrogens is 398 g/mol. The van der Waals surface area contributed by atoms with Crippen LogP contribution in [-0.2, 0) is 10.3 Å². The Morgan fingerprint density at radius 2 is 1.50 bits per heavy atom.